The summed E-state index contributed by atoms with van der Waals surface area (Å²) in [6.45, 7) is 3.63. The summed E-state index contributed by atoms with van der Waals surface area (Å²) in [4.78, 5) is 33.7. The van der Waals surface area contributed by atoms with Crippen LogP contribution in [-0.2, 0) is 14.3 Å². The summed E-state index contributed by atoms with van der Waals surface area (Å²) in [7, 11) is 0. The van der Waals surface area contributed by atoms with Crippen molar-refractivity contribution in [2.75, 3.05) is 6.61 Å². The zero-order valence-electron chi connectivity index (χ0n) is 23.0. The summed E-state index contributed by atoms with van der Waals surface area (Å²) >= 11 is 7.65. The first-order valence-electron chi connectivity index (χ1n) is 13.7. The number of allylic oxidation sites excluding steroid dienone is 1. The number of esters is 1. The SMILES string of the molecule is CCOC(=O)C1=C(C2CCC(c3cnn(C(C)CC(=O)O)c3)CC2)NC(c2nccs2)=NC1c1ccc(F)c(F)c1Cl. The number of halogens is 3. The highest BCUT2D eigenvalue weighted by atomic mass is 35.5. The minimum absolute atomic E-state index is 0.0174. The number of thiazole rings is 1. The van der Waals surface area contributed by atoms with Crippen molar-refractivity contribution in [1.29, 1.82) is 0 Å². The number of aliphatic carboxylic acids is 1. The van der Waals surface area contributed by atoms with Crippen LogP contribution in [0.25, 0.3) is 0 Å². The molecule has 2 aliphatic rings. The number of hydrogen-bond donors (Lipinski definition) is 2. The Kier molecular flexibility index (Phi) is 9.02. The van der Waals surface area contributed by atoms with Gasteiger partial charge in [-0.1, -0.05) is 17.7 Å². The molecule has 5 rings (SSSR count). The first kappa shape index (κ1) is 29.8. The maximum Gasteiger partial charge on any atom is 0.338 e. The molecule has 2 atom stereocenters. The largest absolute Gasteiger partial charge is 0.481 e. The molecule has 3 aromatic rings. The maximum absolute atomic E-state index is 14.6. The number of benzene rings is 1. The monoisotopic (exact) mass is 617 g/mol. The zero-order valence-corrected chi connectivity index (χ0v) is 24.6. The quantitative estimate of drug-likeness (QED) is 0.217. The summed E-state index contributed by atoms with van der Waals surface area (Å²) in [5.41, 5.74) is 2.02. The van der Waals surface area contributed by atoms with E-state index in [2.05, 4.69) is 15.4 Å². The Morgan fingerprint density at radius 3 is 2.64 bits per heavy atom. The third-order valence-corrected chi connectivity index (χ3v) is 8.88. The van der Waals surface area contributed by atoms with Crippen LogP contribution in [0.15, 0.2) is 52.4 Å². The van der Waals surface area contributed by atoms with Crippen LogP contribution >= 0.6 is 22.9 Å². The molecule has 1 aliphatic heterocycles. The fraction of sp³-hybridized carbons (Fsp3) is 0.414. The van der Waals surface area contributed by atoms with Crippen LogP contribution in [-0.4, -0.2) is 44.3 Å². The molecule has 1 saturated carbocycles. The summed E-state index contributed by atoms with van der Waals surface area (Å²) in [5, 5.41) is 18.8. The van der Waals surface area contributed by atoms with Crippen molar-refractivity contribution in [2.24, 2.45) is 10.9 Å². The molecular formula is C29H30ClF2N5O4S. The minimum atomic E-state index is -1.21. The van der Waals surface area contributed by atoms with Crippen molar-refractivity contribution >= 4 is 40.7 Å². The number of carboxylic acid groups (broad SMARTS) is 1. The predicted molar refractivity (Wildman–Crippen MR) is 153 cm³/mol. The van der Waals surface area contributed by atoms with Crippen LogP contribution in [0.4, 0.5) is 8.78 Å². The van der Waals surface area contributed by atoms with Crippen molar-refractivity contribution in [3.05, 3.63) is 80.2 Å². The van der Waals surface area contributed by atoms with Crippen LogP contribution in [0, 0.1) is 17.6 Å². The lowest BCUT2D eigenvalue weighted by molar-refractivity contribution is -0.139. The highest BCUT2D eigenvalue weighted by Crippen LogP contribution is 2.44. The number of hydrogen-bond acceptors (Lipinski definition) is 8. The van der Waals surface area contributed by atoms with Crippen LogP contribution in [0.2, 0.25) is 5.02 Å². The summed E-state index contributed by atoms with van der Waals surface area (Å²) < 4.78 is 35.7. The van der Waals surface area contributed by atoms with Gasteiger partial charge in [0.05, 0.1) is 35.9 Å². The Hall–Kier alpha value is -3.64. The van der Waals surface area contributed by atoms with E-state index >= 15 is 0 Å². The molecule has 0 radical (unpaired) electrons. The van der Waals surface area contributed by atoms with Gasteiger partial charge in [-0.15, -0.1) is 11.3 Å². The van der Waals surface area contributed by atoms with Crippen LogP contribution in [0.3, 0.4) is 0 Å². The average molecular weight is 618 g/mol. The minimum Gasteiger partial charge on any atom is -0.481 e. The van der Waals surface area contributed by atoms with Gasteiger partial charge in [-0.2, -0.15) is 5.10 Å². The number of aliphatic imine (C=N–C) groups is 1. The molecule has 0 saturated heterocycles. The standard InChI is InChI=1S/C29H30ClF2N5O4S/c1-3-41-29(40)22-25(17-6-4-16(5-7-17)18-13-34-37(14-18)15(2)12-21(38)39)35-27(28-33-10-11-42-28)36-26(22)19-8-9-20(31)24(32)23(19)30/h8-11,13-17,26H,3-7,12H2,1-2H3,(H,35,36)(H,38,39). The Balaban J connectivity index is 1.48. The van der Waals surface area contributed by atoms with E-state index in [1.165, 1.54) is 17.4 Å². The van der Waals surface area contributed by atoms with E-state index in [1.54, 1.807) is 29.4 Å². The molecule has 0 amide bonds. The first-order valence-corrected chi connectivity index (χ1v) is 15.0. The van der Waals surface area contributed by atoms with E-state index in [0.29, 0.717) is 16.5 Å². The topological polar surface area (TPSA) is 119 Å². The lowest BCUT2D eigenvalue weighted by Crippen LogP contribution is -2.38. The highest BCUT2D eigenvalue weighted by Gasteiger charge is 2.38. The van der Waals surface area contributed by atoms with E-state index < -0.39 is 34.6 Å². The second-order valence-corrected chi connectivity index (χ2v) is 11.7. The van der Waals surface area contributed by atoms with Gasteiger partial charge < -0.3 is 15.2 Å². The highest BCUT2D eigenvalue weighted by molar-refractivity contribution is 7.11. The number of aromatic nitrogens is 3. The van der Waals surface area contributed by atoms with Crippen LogP contribution in [0.1, 0.15) is 80.1 Å². The number of nitrogens with one attached hydrogen (secondary N) is 1. The maximum atomic E-state index is 14.6. The molecule has 2 aromatic heterocycles. The van der Waals surface area contributed by atoms with Crippen molar-refractivity contribution < 1.29 is 28.2 Å². The molecule has 1 aliphatic carbocycles. The number of nitrogens with zero attached hydrogens (tertiary/aromatic N) is 4. The second-order valence-electron chi connectivity index (χ2n) is 10.4. The molecule has 42 heavy (non-hydrogen) atoms. The number of carbonyl (C=O) groups is 2. The number of amidine groups is 1. The molecule has 1 aromatic carbocycles. The van der Waals surface area contributed by atoms with E-state index in [1.807, 2.05) is 13.1 Å². The van der Waals surface area contributed by atoms with Gasteiger partial charge in [0.15, 0.2) is 22.5 Å². The van der Waals surface area contributed by atoms with E-state index in [0.717, 1.165) is 37.3 Å². The number of carboxylic acids is 1. The van der Waals surface area contributed by atoms with Crippen molar-refractivity contribution in [3.8, 4) is 0 Å². The summed E-state index contributed by atoms with van der Waals surface area (Å²) in [5.74, 6) is -3.25. The number of rotatable bonds is 9. The number of carbonyl (C=O) groups excluding carboxylic acids is 1. The lowest BCUT2D eigenvalue weighted by Gasteiger charge is -2.35. The fourth-order valence-corrected chi connectivity index (χ4v) is 6.46. The lowest BCUT2D eigenvalue weighted by atomic mass is 9.76. The van der Waals surface area contributed by atoms with Gasteiger partial charge in [-0.3, -0.25) is 14.5 Å². The van der Waals surface area contributed by atoms with Gasteiger partial charge in [0.1, 0.15) is 6.04 Å². The fourth-order valence-electron chi connectivity index (χ4n) is 5.61. The third-order valence-electron chi connectivity index (χ3n) is 7.71. The first-order chi connectivity index (χ1) is 20.2. The van der Waals surface area contributed by atoms with Gasteiger partial charge in [-0.05, 0) is 63.0 Å². The smallest absolute Gasteiger partial charge is 0.338 e. The third kappa shape index (κ3) is 6.10. The molecule has 9 nitrogen and oxygen atoms in total. The van der Waals surface area contributed by atoms with Crippen molar-refractivity contribution in [1.82, 2.24) is 20.1 Å². The summed E-state index contributed by atoms with van der Waals surface area (Å²) in [6.07, 6.45) is 8.35. The molecule has 0 spiro atoms. The molecule has 1 fully saturated rings. The molecule has 0 bridgehead atoms. The van der Waals surface area contributed by atoms with E-state index in [9.17, 15) is 18.4 Å². The van der Waals surface area contributed by atoms with Gasteiger partial charge >= 0.3 is 11.9 Å². The molecule has 2 unspecified atom stereocenters. The normalized spacial score (nSPS) is 21.5. The molecule has 3 heterocycles. The molecule has 222 valence electrons. The van der Waals surface area contributed by atoms with Gasteiger partial charge in [0.2, 0.25) is 0 Å². The van der Waals surface area contributed by atoms with Crippen molar-refractivity contribution in [2.45, 2.75) is 64.0 Å². The number of ether oxygens (including phenoxy) is 1. The Labute approximate surface area is 250 Å². The van der Waals surface area contributed by atoms with Gasteiger partial charge in [0, 0.05) is 29.0 Å². The predicted octanol–water partition coefficient (Wildman–Crippen LogP) is 6.19. The molecule has 2 N–H and O–H groups in total. The zero-order chi connectivity index (χ0) is 30.0. The van der Waals surface area contributed by atoms with Crippen LogP contribution in [0.5, 0.6) is 0 Å². The Morgan fingerprint density at radius 2 is 1.98 bits per heavy atom. The van der Waals surface area contributed by atoms with E-state index in [-0.39, 0.29) is 42.0 Å². The van der Waals surface area contributed by atoms with Crippen molar-refractivity contribution in [3.63, 3.8) is 0 Å². The second kappa shape index (κ2) is 12.7. The Bertz CT molecular complexity index is 1530. The van der Waals surface area contributed by atoms with Gasteiger partial charge in [-0.25, -0.2) is 18.6 Å². The van der Waals surface area contributed by atoms with Crippen LogP contribution < -0.4 is 5.32 Å². The summed E-state index contributed by atoms with van der Waals surface area (Å²) in [6, 6.07) is 1.02. The molecule has 13 heteroatoms. The van der Waals surface area contributed by atoms with E-state index in [4.69, 9.17) is 26.4 Å². The average Bonchev–Trinajstić information content (AvgIpc) is 3.69. The van der Waals surface area contributed by atoms with Gasteiger partial charge in [0.25, 0.3) is 0 Å². The molecular weight excluding hydrogens is 588 g/mol. The Morgan fingerprint density at radius 1 is 1.24 bits per heavy atom.